The summed E-state index contributed by atoms with van der Waals surface area (Å²) < 4.78 is 0. The molecule has 128 valence electrons. The summed E-state index contributed by atoms with van der Waals surface area (Å²) in [5, 5.41) is 17.6. The average Bonchev–Trinajstić information content (AvgIpc) is 2.61. The van der Waals surface area contributed by atoms with E-state index in [1.54, 1.807) is 18.2 Å². The van der Waals surface area contributed by atoms with Gasteiger partial charge in [-0.25, -0.2) is 0 Å². The van der Waals surface area contributed by atoms with Crippen LogP contribution in [0.25, 0.3) is 0 Å². The molecule has 3 rings (SSSR count). The second kappa shape index (κ2) is 8.03. The third kappa shape index (κ3) is 4.62. The monoisotopic (exact) mass is 339 g/mol. The smallest absolute Gasteiger partial charge is 0.320 e. The normalized spacial score (nSPS) is 13.9. The first kappa shape index (κ1) is 18.1. The van der Waals surface area contributed by atoms with Crippen LogP contribution in [0.5, 0.6) is 0 Å². The van der Waals surface area contributed by atoms with Gasteiger partial charge in [-0.2, -0.15) is 0 Å². The standard InChI is InChI=1S/C10H6O3.C9H11NO2/c11-8-5-9(12)10(13)7-4-2-1-3-6(7)8;10-8(9(11)12)6-7-4-2-1-3-5-7/h1-5,12H;1-5,8H,6,10H2,(H,11,12). The molecule has 0 spiro atoms. The zero-order valence-corrected chi connectivity index (χ0v) is 13.3. The summed E-state index contributed by atoms with van der Waals surface area (Å²) >= 11 is 0. The summed E-state index contributed by atoms with van der Waals surface area (Å²) in [5.74, 6) is -2.26. The number of hydrogen-bond donors (Lipinski definition) is 3. The van der Waals surface area contributed by atoms with Crippen molar-refractivity contribution in [3.8, 4) is 0 Å². The molecule has 0 saturated heterocycles. The predicted octanol–water partition coefficient (Wildman–Crippen LogP) is 2.15. The number of carbonyl (C=O) groups is 3. The van der Waals surface area contributed by atoms with Gasteiger partial charge in [-0.05, 0) is 12.0 Å². The van der Waals surface area contributed by atoms with Crippen molar-refractivity contribution in [2.24, 2.45) is 5.73 Å². The number of nitrogens with two attached hydrogens (primary N) is 1. The Kier molecular flexibility index (Phi) is 5.81. The van der Waals surface area contributed by atoms with E-state index in [0.29, 0.717) is 12.0 Å². The summed E-state index contributed by atoms with van der Waals surface area (Å²) in [6.45, 7) is 0. The van der Waals surface area contributed by atoms with E-state index < -0.39 is 23.6 Å². The number of ketones is 2. The summed E-state index contributed by atoms with van der Waals surface area (Å²) in [6, 6.07) is 15.0. The fraction of sp³-hybridized carbons (Fsp3) is 0.105. The van der Waals surface area contributed by atoms with Crippen molar-refractivity contribution in [2.45, 2.75) is 12.5 Å². The average molecular weight is 339 g/mol. The first-order valence-electron chi connectivity index (χ1n) is 7.51. The van der Waals surface area contributed by atoms with Crippen LogP contribution in [-0.4, -0.2) is 33.8 Å². The van der Waals surface area contributed by atoms with E-state index in [1.807, 2.05) is 30.3 Å². The molecule has 0 aliphatic heterocycles. The molecular formula is C19H17NO5. The van der Waals surface area contributed by atoms with Crippen molar-refractivity contribution in [1.29, 1.82) is 0 Å². The van der Waals surface area contributed by atoms with Crippen LogP contribution in [0.4, 0.5) is 0 Å². The summed E-state index contributed by atoms with van der Waals surface area (Å²) in [4.78, 5) is 32.9. The maximum absolute atomic E-state index is 11.3. The van der Waals surface area contributed by atoms with Gasteiger partial charge in [-0.3, -0.25) is 14.4 Å². The van der Waals surface area contributed by atoms with Crippen LogP contribution in [0.15, 0.2) is 66.4 Å². The van der Waals surface area contributed by atoms with E-state index in [-0.39, 0.29) is 11.3 Å². The van der Waals surface area contributed by atoms with Crippen LogP contribution in [0.1, 0.15) is 26.3 Å². The van der Waals surface area contributed by atoms with E-state index in [1.165, 1.54) is 6.07 Å². The first-order chi connectivity index (χ1) is 11.9. The second-order valence-corrected chi connectivity index (χ2v) is 5.40. The lowest BCUT2D eigenvalue weighted by molar-refractivity contribution is -0.138. The number of hydrogen-bond acceptors (Lipinski definition) is 5. The molecule has 0 amide bonds. The van der Waals surface area contributed by atoms with E-state index in [9.17, 15) is 14.4 Å². The van der Waals surface area contributed by atoms with Crippen molar-refractivity contribution in [3.05, 3.63) is 83.1 Å². The molecule has 6 nitrogen and oxygen atoms in total. The minimum atomic E-state index is -0.959. The maximum Gasteiger partial charge on any atom is 0.320 e. The predicted molar refractivity (Wildman–Crippen MR) is 91.6 cm³/mol. The second-order valence-electron chi connectivity index (χ2n) is 5.40. The van der Waals surface area contributed by atoms with Gasteiger partial charge < -0.3 is 15.9 Å². The molecule has 6 heteroatoms. The molecular weight excluding hydrogens is 322 g/mol. The number of benzene rings is 2. The largest absolute Gasteiger partial charge is 0.504 e. The van der Waals surface area contributed by atoms with Crippen LogP contribution >= 0.6 is 0 Å². The zero-order chi connectivity index (χ0) is 18.4. The molecule has 1 atom stereocenters. The van der Waals surface area contributed by atoms with Gasteiger partial charge >= 0.3 is 5.97 Å². The first-order valence-corrected chi connectivity index (χ1v) is 7.51. The fourth-order valence-electron chi connectivity index (χ4n) is 2.26. The van der Waals surface area contributed by atoms with Gasteiger partial charge in [0, 0.05) is 17.2 Å². The third-order valence-corrected chi connectivity index (χ3v) is 3.55. The zero-order valence-electron chi connectivity index (χ0n) is 13.3. The number of rotatable bonds is 3. The lowest BCUT2D eigenvalue weighted by atomic mass is 9.94. The molecule has 0 radical (unpaired) electrons. The quantitative estimate of drug-likeness (QED) is 0.788. The van der Waals surface area contributed by atoms with E-state index in [0.717, 1.165) is 11.6 Å². The van der Waals surface area contributed by atoms with Gasteiger partial charge in [0.2, 0.25) is 5.78 Å². The Morgan fingerprint density at radius 3 is 2.12 bits per heavy atom. The van der Waals surface area contributed by atoms with Crippen LogP contribution in [0.2, 0.25) is 0 Å². The SMILES string of the molecule is NC(Cc1ccccc1)C(=O)O.O=C1C=C(O)C(=O)c2ccccc21. The molecule has 0 saturated carbocycles. The van der Waals surface area contributed by atoms with Gasteiger partial charge in [-0.15, -0.1) is 0 Å². The molecule has 1 unspecified atom stereocenters. The Labute approximate surface area is 144 Å². The highest BCUT2D eigenvalue weighted by Crippen LogP contribution is 2.19. The van der Waals surface area contributed by atoms with Crippen molar-refractivity contribution < 1.29 is 24.6 Å². The highest BCUT2D eigenvalue weighted by atomic mass is 16.4. The minimum Gasteiger partial charge on any atom is -0.504 e. The van der Waals surface area contributed by atoms with E-state index >= 15 is 0 Å². The van der Waals surface area contributed by atoms with Crippen LogP contribution in [0.3, 0.4) is 0 Å². The molecule has 1 aliphatic carbocycles. The summed E-state index contributed by atoms with van der Waals surface area (Å²) in [7, 11) is 0. The summed E-state index contributed by atoms with van der Waals surface area (Å²) in [6.07, 6.45) is 1.33. The van der Waals surface area contributed by atoms with Crippen LogP contribution < -0.4 is 5.73 Å². The number of carboxylic acids is 1. The number of allylic oxidation sites excluding steroid dienone is 2. The Morgan fingerprint density at radius 1 is 0.960 bits per heavy atom. The molecule has 0 heterocycles. The number of Topliss-reactive ketones (excluding diaryl/α,β-unsaturated/α-hetero) is 1. The number of aliphatic hydroxyl groups excluding tert-OH is 1. The minimum absolute atomic E-state index is 0.271. The van der Waals surface area contributed by atoms with Crippen molar-refractivity contribution >= 4 is 17.5 Å². The van der Waals surface area contributed by atoms with E-state index in [4.69, 9.17) is 15.9 Å². The van der Waals surface area contributed by atoms with Crippen molar-refractivity contribution in [3.63, 3.8) is 0 Å². The highest BCUT2D eigenvalue weighted by Gasteiger charge is 2.24. The fourth-order valence-corrected chi connectivity index (χ4v) is 2.26. The molecule has 25 heavy (non-hydrogen) atoms. The van der Waals surface area contributed by atoms with Crippen LogP contribution in [0, 0.1) is 0 Å². The number of aliphatic carboxylic acids is 1. The number of carboxylic acid groups (broad SMARTS) is 1. The lowest BCUT2D eigenvalue weighted by Gasteiger charge is -2.09. The van der Waals surface area contributed by atoms with E-state index in [2.05, 4.69) is 0 Å². The Balaban J connectivity index is 0.000000181. The Morgan fingerprint density at radius 2 is 1.52 bits per heavy atom. The molecule has 4 N–H and O–H groups in total. The highest BCUT2D eigenvalue weighted by molar-refractivity contribution is 6.23. The number of fused-ring (bicyclic) bond motifs is 1. The van der Waals surface area contributed by atoms with Gasteiger partial charge in [-0.1, -0.05) is 54.6 Å². The molecule has 2 aromatic rings. The topological polar surface area (TPSA) is 118 Å². The molecule has 0 bridgehead atoms. The maximum atomic E-state index is 11.3. The van der Waals surface area contributed by atoms with Crippen molar-refractivity contribution in [2.75, 3.05) is 0 Å². The Hall–Kier alpha value is -3.25. The molecule has 0 fully saturated rings. The molecule has 0 aromatic heterocycles. The van der Waals surface area contributed by atoms with Crippen molar-refractivity contribution in [1.82, 2.24) is 0 Å². The lowest BCUT2D eigenvalue weighted by Crippen LogP contribution is -2.32. The number of carbonyl (C=O) groups excluding carboxylic acids is 2. The summed E-state index contributed by atoms with van der Waals surface area (Å²) in [5.41, 5.74) is 6.92. The molecule has 1 aliphatic rings. The van der Waals surface area contributed by atoms with Gasteiger partial charge in [0.25, 0.3) is 0 Å². The Bertz CT molecular complexity index is 827. The number of aliphatic hydroxyl groups is 1. The van der Waals surface area contributed by atoms with Crippen LogP contribution in [-0.2, 0) is 11.2 Å². The third-order valence-electron chi connectivity index (χ3n) is 3.55. The van der Waals surface area contributed by atoms with Gasteiger partial charge in [0.15, 0.2) is 11.5 Å². The molecule has 2 aromatic carbocycles. The van der Waals surface area contributed by atoms with Gasteiger partial charge in [0.05, 0.1) is 0 Å². The van der Waals surface area contributed by atoms with Gasteiger partial charge in [0.1, 0.15) is 6.04 Å².